The van der Waals surface area contributed by atoms with E-state index in [2.05, 4.69) is 39.9 Å². The Morgan fingerprint density at radius 1 is 1.21 bits per heavy atom. The Bertz CT molecular complexity index is 991. The number of para-hydroxylation sites is 1. The maximum Gasteiger partial charge on any atom is 0.261 e. The molecule has 1 aromatic heterocycles. The summed E-state index contributed by atoms with van der Waals surface area (Å²) in [5.74, 6) is -0.0301. The lowest BCUT2D eigenvalue weighted by Crippen LogP contribution is -2.43. The van der Waals surface area contributed by atoms with Gasteiger partial charge in [-0.3, -0.25) is 14.6 Å². The molecule has 5 nitrogen and oxygen atoms in total. The third kappa shape index (κ3) is 4.98. The molecule has 8 heteroatoms. The fourth-order valence-electron chi connectivity index (χ4n) is 3.32. The first-order chi connectivity index (χ1) is 13.6. The maximum absolute atomic E-state index is 13.4. The molecule has 1 aliphatic heterocycles. The van der Waals surface area contributed by atoms with Crippen LogP contribution in [0.2, 0.25) is 0 Å². The first-order valence-electron chi connectivity index (χ1n) is 9.36. The second-order valence-electron chi connectivity index (χ2n) is 6.81. The molecule has 1 fully saturated rings. The van der Waals surface area contributed by atoms with Crippen LogP contribution < -0.4 is 4.90 Å². The van der Waals surface area contributed by atoms with E-state index in [0.717, 1.165) is 58.2 Å². The highest BCUT2D eigenvalue weighted by molar-refractivity contribution is 9.10. The zero-order valence-corrected chi connectivity index (χ0v) is 19.4. The van der Waals surface area contributed by atoms with Gasteiger partial charge in [-0.05, 0) is 46.6 Å². The summed E-state index contributed by atoms with van der Waals surface area (Å²) >= 11 is 5.09. The number of ether oxygens (including phenoxy) is 1. The molecule has 1 saturated heterocycles. The predicted molar refractivity (Wildman–Crippen MR) is 125 cm³/mol. The molecule has 0 N–H and O–H groups in total. The molecule has 1 amide bonds. The number of hydrogen-bond donors (Lipinski definition) is 0. The quantitative estimate of drug-likeness (QED) is 0.510. The Morgan fingerprint density at radius 2 is 1.97 bits per heavy atom. The third-order valence-corrected chi connectivity index (χ3v) is 6.67. The topological polar surface area (TPSA) is 45.7 Å². The highest BCUT2D eigenvalue weighted by atomic mass is 79.9. The number of carbonyl (C=O) groups is 1. The first kappa shape index (κ1) is 22.2. The molecule has 0 spiro atoms. The number of benzene rings is 2. The van der Waals surface area contributed by atoms with Crippen molar-refractivity contribution in [3.8, 4) is 0 Å². The van der Waals surface area contributed by atoms with Crippen molar-refractivity contribution in [2.75, 3.05) is 44.3 Å². The molecule has 0 saturated carbocycles. The molecule has 0 bridgehead atoms. The lowest BCUT2D eigenvalue weighted by Gasteiger charge is -2.29. The lowest BCUT2D eigenvalue weighted by atomic mass is 10.2. The smallest absolute Gasteiger partial charge is 0.261 e. The molecule has 0 radical (unpaired) electrons. The number of anilines is 1. The molecule has 0 atom stereocenters. The average Bonchev–Trinajstić information content (AvgIpc) is 3.14. The highest BCUT2D eigenvalue weighted by Crippen LogP contribution is 2.32. The monoisotopic (exact) mass is 495 g/mol. The second-order valence-corrected chi connectivity index (χ2v) is 8.67. The van der Waals surface area contributed by atoms with Gasteiger partial charge < -0.3 is 4.74 Å². The van der Waals surface area contributed by atoms with Crippen molar-refractivity contribution < 1.29 is 9.53 Å². The molecular weight excluding hydrogens is 474 g/mol. The zero-order chi connectivity index (χ0) is 19.5. The minimum atomic E-state index is -0.0301. The predicted octanol–water partition coefficient (Wildman–Crippen LogP) is 4.77. The van der Waals surface area contributed by atoms with Crippen molar-refractivity contribution in [3.05, 3.63) is 58.1 Å². The van der Waals surface area contributed by atoms with E-state index in [0.29, 0.717) is 12.1 Å². The van der Waals surface area contributed by atoms with Gasteiger partial charge in [-0.15, -0.1) is 12.4 Å². The van der Waals surface area contributed by atoms with Crippen molar-refractivity contribution in [3.63, 3.8) is 0 Å². The number of fused-ring (bicyclic) bond motifs is 1. The Balaban J connectivity index is 0.00000240. The Morgan fingerprint density at radius 3 is 2.69 bits per heavy atom. The summed E-state index contributed by atoms with van der Waals surface area (Å²) in [5, 5.41) is 0.748. The zero-order valence-electron chi connectivity index (χ0n) is 16.1. The van der Waals surface area contributed by atoms with E-state index in [-0.39, 0.29) is 18.3 Å². The van der Waals surface area contributed by atoms with E-state index in [1.54, 1.807) is 11.3 Å². The standard InChI is InChI=1S/C21H22BrN3O2S.ClH/c1-15-5-4-8-18-19(15)23-21(28-18)25(10-9-24-11-13-27-14-12-24)20(26)16-6-2-3-7-17(16)22;/h2-8H,9-14H2,1H3;1H. The summed E-state index contributed by atoms with van der Waals surface area (Å²) in [6.45, 7) is 6.75. The lowest BCUT2D eigenvalue weighted by molar-refractivity contribution is 0.0391. The largest absolute Gasteiger partial charge is 0.379 e. The summed E-state index contributed by atoms with van der Waals surface area (Å²) in [7, 11) is 0. The number of rotatable bonds is 5. The van der Waals surface area contributed by atoms with Crippen molar-refractivity contribution >= 4 is 60.9 Å². The van der Waals surface area contributed by atoms with Crippen molar-refractivity contribution in [2.24, 2.45) is 0 Å². The van der Waals surface area contributed by atoms with Gasteiger partial charge in [0.15, 0.2) is 5.13 Å². The second kappa shape index (κ2) is 10.00. The molecular formula is C21H23BrClN3O2S. The van der Waals surface area contributed by atoms with E-state index >= 15 is 0 Å². The van der Waals surface area contributed by atoms with Gasteiger partial charge in [-0.2, -0.15) is 0 Å². The number of aryl methyl sites for hydroxylation is 1. The number of thiazole rings is 1. The van der Waals surface area contributed by atoms with Gasteiger partial charge in [0.1, 0.15) is 0 Å². The SMILES string of the molecule is Cc1cccc2sc(N(CCN3CCOCC3)C(=O)c3ccccc3Br)nc12.Cl. The van der Waals surface area contributed by atoms with Gasteiger partial charge in [-0.25, -0.2) is 4.98 Å². The van der Waals surface area contributed by atoms with Crippen LogP contribution in [0.1, 0.15) is 15.9 Å². The van der Waals surface area contributed by atoms with Gasteiger partial charge in [0, 0.05) is 30.7 Å². The average molecular weight is 497 g/mol. The Hall–Kier alpha value is -1.51. The normalized spacial score (nSPS) is 14.6. The van der Waals surface area contributed by atoms with Crippen LogP contribution >= 0.6 is 39.7 Å². The van der Waals surface area contributed by atoms with Crippen LogP contribution in [0.5, 0.6) is 0 Å². The summed E-state index contributed by atoms with van der Waals surface area (Å²) in [6, 6.07) is 13.7. The van der Waals surface area contributed by atoms with Gasteiger partial charge in [-0.1, -0.05) is 35.6 Å². The number of morpholine rings is 1. The van der Waals surface area contributed by atoms with Gasteiger partial charge in [0.2, 0.25) is 0 Å². The molecule has 1 aliphatic rings. The van der Waals surface area contributed by atoms with E-state index in [1.807, 2.05) is 35.2 Å². The van der Waals surface area contributed by atoms with Gasteiger partial charge >= 0.3 is 0 Å². The van der Waals surface area contributed by atoms with E-state index in [4.69, 9.17) is 9.72 Å². The van der Waals surface area contributed by atoms with Crippen LogP contribution in [0, 0.1) is 6.92 Å². The molecule has 2 heterocycles. The fourth-order valence-corrected chi connectivity index (χ4v) is 4.84. The fraction of sp³-hybridized carbons (Fsp3) is 0.333. The summed E-state index contributed by atoms with van der Waals surface area (Å²) in [5.41, 5.74) is 2.75. The van der Waals surface area contributed by atoms with Crippen LogP contribution in [0.3, 0.4) is 0 Å². The molecule has 4 rings (SSSR count). The summed E-state index contributed by atoms with van der Waals surface area (Å²) < 4.78 is 7.34. The third-order valence-electron chi connectivity index (χ3n) is 4.93. The van der Waals surface area contributed by atoms with Crippen LogP contribution in [0.25, 0.3) is 10.2 Å². The van der Waals surface area contributed by atoms with Crippen molar-refractivity contribution in [1.29, 1.82) is 0 Å². The van der Waals surface area contributed by atoms with E-state index in [9.17, 15) is 4.79 Å². The minimum absolute atomic E-state index is 0. The Kier molecular flexibility index (Phi) is 7.65. The molecule has 29 heavy (non-hydrogen) atoms. The van der Waals surface area contributed by atoms with Crippen molar-refractivity contribution in [2.45, 2.75) is 6.92 Å². The summed E-state index contributed by atoms with van der Waals surface area (Å²) in [4.78, 5) is 22.4. The van der Waals surface area contributed by atoms with Crippen molar-refractivity contribution in [1.82, 2.24) is 9.88 Å². The highest BCUT2D eigenvalue weighted by Gasteiger charge is 2.24. The molecule has 154 valence electrons. The minimum Gasteiger partial charge on any atom is -0.379 e. The van der Waals surface area contributed by atoms with Crippen LogP contribution in [-0.2, 0) is 4.74 Å². The number of hydrogen-bond acceptors (Lipinski definition) is 5. The number of nitrogens with zero attached hydrogens (tertiary/aromatic N) is 3. The van der Waals surface area contributed by atoms with E-state index in [1.165, 1.54) is 0 Å². The van der Waals surface area contributed by atoms with E-state index < -0.39 is 0 Å². The Labute approximate surface area is 189 Å². The molecule has 0 unspecified atom stereocenters. The number of aromatic nitrogens is 1. The molecule has 3 aromatic rings. The number of halogens is 2. The summed E-state index contributed by atoms with van der Waals surface area (Å²) in [6.07, 6.45) is 0. The molecule has 0 aliphatic carbocycles. The maximum atomic E-state index is 13.4. The number of amides is 1. The van der Waals surface area contributed by atoms with Crippen LogP contribution in [-0.4, -0.2) is 55.2 Å². The van der Waals surface area contributed by atoms with Gasteiger partial charge in [0.05, 0.1) is 29.0 Å². The van der Waals surface area contributed by atoms with Crippen LogP contribution in [0.4, 0.5) is 5.13 Å². The van der Waals surface area contributed by atoms with Crippen LogP contribution in [0.15, 0.2) is 46.9 Å². The van der Waals surface area contributed by atoms with Gasteiger partial charge in [0.25, 0.3) is 5.91 Å². The molecule has 2 aromatic carbocycles. The number of carbonyl (C=O) groups excluding carboxylic acids is 1. The first-order valence-corrected chi connectivity index (χ1v) is 11.0.